The highest BCUT2D eigenvalue weighted by Crippen LogP contribution is 2.35. The zero-order valence-corrected chi connectivity index (χ0v) is 10.6. The van der Waals surface area contributed by atoms with E-state index in [0.717, 1.165) is 11.1 Å². The lowest BCUT2D eigenvalue weighted by atomic mass is 10.0. The third-order valence-electron chi connectivity index (χ3n) is 3.27. The molecule has 18 heavy (non-hydrogen) atoms. The van der Waals surface area contributed by atoms with Gasteiger partial charge in [-0.2, -0.15) is 0 Å². The first-order valence-corrected chi connectivity index (χ1v) is 7.25. The smallest absolute Gasteiger partial charge is 0.232 e. The summed E-state index contributed by atoms with van der Waals surface area (Å²) in [6.07, 6.45) is 3.76. The van der Waals surface area contributed by atoms with Gasteiger partial charge in [0.05, 0.1) is 5.25 Å². The van der Waals surface area contributed by atoms with Crippen molar-refractivity contribution >= 4 is 16.7 Å². The summed E-state index contributed by atoms with van der Waals surface area (Å²) in [4.78, 5) is 12.0. The van der Waals surface area contributed by atoms with Crippen molar-refractivity contribution < 1.29 is 9.00 Å². The van der Waals surface area contributed by atoms with Crippen LogP contribution in [0.4, 0.5) is 0 Å². The highest BCUT2D eigenvalue weighted by molar-refractivity contribution is 7.84. The van der Waals surface area contributed by atoms with Gasteiger partial charge in [0.2, 0.25) is 5.91 Å². The molecular weight excluding hydrogens is 246 g/mol. The minimum atomic E-state index is -0.973. The molecule has 0 saturated carbocycles. The van der Waals surface area contributed by atoms with Gasteiger partial charge >= 0.3 is 0 Å². The van der Waals surface area contributed by atoms with E-state index in [4.69, 9.17) is 0 Å². The first-order valence-electron chi connectivity index (χ1n) is 5.87. The molecule has 2 heterocycles. The molecule has 3 rings (SSSR count). The molecule has 1 aromatic heterocycles. The zero-order chi connectivity index (χ0) is 12.5. The zero-order valence-electron chi connectivity index (χ0n) is 9.78. The Balaban J connectivity index is 1.85. The highest BCUT2D eigenvalue weighted by atomic mass is 32.2. The van der Waals surface area contributed by atoms with Crippen molar-refractivity contribution in [1.29, 1.82) is 0 Å². The van der Waals surface area contributed by atoms with Crippen molar-refractivity contribution in [3.8, 4) is 0 Å². The molecule has 3 nitrogen and oxygen atoms in total. The van der Waals surface area contributed by atoms with Crippen molar-refractivity contribution in [3.05, 3.63) is 59.9 Å². The lowest BCUT2D eigenvalue weighted by Gasteiger charge is -2.10. The van der Waals surface area contributed by atoms with Crippen molar-refractivity contribution in [1.82, 2.24) is 4.57 Å². The molecule has 0 N–H and O–H groups in total. The second-order valence-electron chi connectivity index (χ2n) is 4.40. The lowest BCUT2D eigenvalue weighted by molar-refractivity contribution is 0.0902. The average Bonchev–Trinajstić information content (AvgIpc) is 2.98. The molecule has 0 radical (unpaired) electrons. The number of carbonyl (C=O) groups is 1. The number of benzene rings is 1. The Morgan fingerprint density at radius 3 is 2.72 bits per heavy atom. The first-order chi connectivity index (χ1) is 8.75. The maximum Gasteiger partial charge on any atom is 0.232 e. The summed E-state index contributed by atoms with van der Waals surface area (Å²) in [7, 11) is -0.973. The number of rotatable bonds is 2. The van der Waals surface area contributed by atoms with Crippen LogP contribution in [0.1, 0.15) is 27.6 Å². The molecule has 2 aromatic rings. The molecule has 1 aliphatic heterocycles. The molecule has 0 amide bonds. The van der Waals surface area contributed by atoms with E-state index >= 15 is 0 Å². The number of hydrogen-bond donors (Lipinski definition) is 0. The fourth-order valence-corrected chi connectivity index (χ4v) is 3.96. The quantitative estimate of drug-likeness (QED) is 0.831. The van der Waals surface area contributed by atoms with Crippen LogP contribution in [0, 0.1) is 0 Å². The molecule has 0 aliphatic carbocycles. The second kappa shape index (κ2) is 4.53. The largest absolute Gasteiger partial charge is 0.295 e. The number of fused-ring (bicyclic) bond motifs is 1. The summed E-state index contributed by atoms with van der Waals surface area (Å²) in [6, 6.07) is 11.5. The van der Waals surface area contributed by atoms with Crippen LogP contribution in [0.5, 0.6) is 0 Å². The normalized spacial score (nSPS) is 21.8. The summed E-state index contributed by atoms with van der Waals surface area (Å²) in [5, 5.41) is -0.156. The third-order valence-corrected chi connectivity index (χ3v) is 4.92. The number of aromatic nitrogens is 1. The average molecular weight is 259 g/mol. The molecule has 0 unspecified atom stereocenters. The van der Waals surface area contributed by atoms with Crippen molar-refractivity contribution in [2.45, 2.75) is 17.4 Å². The Labute approximate surface area is 108 Å². The number of hydrogen-bond acceptors (Lipinski definition) is 2. The van der Waals surface area contributed by atoms with Gasteiger partial charge in [0.15, 0.2) is 0 Å². The van der Waals surface area contributed by atoms with Crippen LogP contribution < -0.4 is 0 Å². The van der Waals surface area contributed by atoms with E-state index in [1.54, 1.807) is 17.0 Å². The maximum absolute atomic E-state index is 12.1. The van der Waals surface area contributed by atoms with Gasteiger partial charge in [-0.05, 0) is 23.3 Å². The monoisotopic (exact) mass is 259 g/mol. The van der Waals surface area contributed by atoms with Gasteiger partial charge in [0.1, 0.15) is 0 Å². The van der Waals surface area contributed by atoms with Crippen molar-refractivity contribution in [3.63, 3.8) is 0 Å². The maximum atomic E-state index is 12.1. The summed E-state index contributed by atoms with van der Waals surface area (Å²) in [5.74, 6) is 0.565. The molecule has 4 heteroatoms. The standard InChI is InChI=1S/C14H13NO2S/c16-14(15-7-3-4-8-15)9-13-12-6-2-1-5-11(12)10-18(13)17/h1-8,13H,9-10H2/t13-,18+/m0/s1. The third kappa shape index (κ3) is 1.93. The van der Waals surface area contributed by atoms with Crippen LogP contribution in [0.15, 0.2) is 48.8 Å². The highest BCUT2D eigenvalue weighted by Gasteiger charge is 2.30. The molecule has 0 saturated heterocycles. The van der Waals surface area contributed by atoms with Crippen LogP contribution in [0.25, 0.3) is 0 Å². The van der Waals surface area contributed by atoms with Gasteiger partial charge in [0.25, 0.3) is 0 Å². The molecule has 0 fully saturated rings. The summed E-state index contributed by atoms with van der Waals surface area (Å²) in [5.41, 5.74) is 2.18. The van der Waals surface area contributed by atoms with E-state index in [-0.39, 0.29) is 11.2 Å². The fourth-order valence-electron chi connectivity index (χ4n) is 2.34. The van der Waals surface area contributed by atoms with Gasteiger partial charge in [-0.15, -0.1) is 0 Å². The molecule has 0 bridgehead atoms. The molecule has 2 atom stereocenters. The van der Waals surface area contributed by atoms with Crippen molar-refractivity contribution in [2.75, 3.05) is 0 Å². The van der Waals surface area contributed by atoms with E-state index in [9.17, 15) is 9.00 Å². The Morgan fingerprint density at radius 1 is 1.22 bits per heavy atom. The molecule has 0 spiro atoms. The second-order valence-corrected chi connectivity index (χ2v) is 6.02. The SMILES string of the molecule is O=C(C[C@H]1c2ccccc2C[S@]1=O)n1cccc1. The Kier molecular flexibility index (Phi) is 2.88. The van der Waals surface area contributed by atoms with Gasteiger partial charge in [-0.25, -0.2) is 0 Å². The van der Waals surface area contributed by atoms with E-state index in [2.05, 4.69) is 0 Å². The minimum absolute atomic E-state index is 0.00458. The molecular formula is C14H13NO2S. The number of carbonyl (C=O) groups excluding carboxylic acids is 1. The first kappa shape index (κ1) is 11.4. The Hall–Kier alpha value is -1.68. The van der Waals surface area contributed by atoms with E-state index in [1.807, 2.05) is 36.4 Å². The van der Waals surface area contributed by atoms with E-state index in [1.165, 1.54) is 0 Å². The van der Waals surface area contributed by atoms with Crippen LogP contribution in [-0.4, -0.2) is 14.7 Å². The van der Waals surface area contributed by atoms with Crippen molar-refractivity contribution in [2.24, 2.45) is 0 Å². The summed E-state index contributed by atoms with van der Waals surface area (Å²) >= 11 is 0. The van der Waals surface area contributed by atoms with E-state index in [0.29, 0.717) is 12.2 Å². The molecule has 1 aromatic carbocycles. The molecule has 1 aliphatic rings. The summed E-state index contributed by atoms with van der Waals surface area (Å²) in [6.45, 7) is 0. The van der Waals surface area contributed by atoms with Gasteiger partial charge in [-0.3, -0.25) is 13.6 Å². The fraction of sp³-hybridized carbons (Fsp3) is 0.214. The Morgan fingerprint density at radius 2 is 1.94 bits per heavy atom. The van der Waals surface area contributed by atoms with E-state index < -0.39 is 10.8 Å². The van der Waals surface area contributed by atoms with Gasteiger partial charge < -0.3 is 0 Å². The van der Waals surface area contributed by atoms with Gasteiger partial charge in [-0.1, -0.05) is 24.3 Å². The molecule has 92 valence electrons. The van der Waals surface area contributed by atoms with Crippen LogP contribution in [0.2, 0.25) is 0 Å². The lowest BCUT2D eigenvalue weighted by Crippen LogP contribution is -2.13. The predicted octanol–water partition coefficient (Wildman–Crippen LogP) is 2.52. The predicted molar refractivity (Wildman–Crippen MR) is 70.7 cm³/mol. The number of nitrogens with zero attached hydrogens (tertiary/aromatic N) is 1. The Bertz CT molecular complexity index is 604. The van der Waals surface area contributed by atoms with Crippen LogP contribution in [0.3, 0.4) is 0 Å². The van der Waals surface area contributed by atoms with Gasteiger partial charge in [0, 0.05) is 35.4 Å². The van der Waals surface area contributed by atoms with Crippen LogP contribution >= 0.6 is 0 Å². The van der Waals surface area contributed by atoms with Crippen LogP contribution in [-0.2, 0) is 16.6 Å². The minimum Gasteiger partial charge on any atom is -0.295 e. The summed E-state index contributed by atoms with van der Waals surface area (Å²) < 4.78 is 13.6. The topological polar surface area (TPSA) is 39.1 Å².